The number of amides is 1. The van der Waals surface area contributed by atoms with E-state index >= 15 is 0 Å². The van der Waals surface area contributed by atoms with E-state index in [0.717, 1.165) is 18.9 Å². The number of rotatable bonds is 4. The number of carbonyl (C=O) groups excluding carboxylic acids is 2. The zero-order valence-corrected chi connectivity index (χ0v) is 13.4. The molecule has 6 heteroatoms. The molecule has 0 unspecified atom stereocenters. The van der Waals surface area contributed by atoms with Crippen LogP contribution in [0.5, 0.6) is 11.5 Å². The Kier molecular flexibility index (Phi) is 5.47. The van der Waals surface area contributed by atoms with Gasteiger partial charge >= 0.3 is 5.97 Å². The molecule has 0 bridgehead atoms. The lowest BCUT2D eigenvalue weighted by atomic mass is 9.78. The third-order valence-electron chi connectivity index (χ3n) is 4.59. The maximum absolute atomic E-state index is 11.9. The molecule has 1 aromatic carbocycles. The summed E-state index contributed by atoms with van der Waals surface area (Å²) in [5.41, 5.74) is -0.0877. The molecule has 1 aliphatic carbocycles. The van der Waals surface area contributed by atoms with Crippen LogP contribution in [-0.4, -0.2) is 34.7 Å². The second-order valence-electron chi connectivity index (χ2n) is 6.22. The monoisotopic (exact) mass is 321 g/mol. The summed E-state index contributed by atoms with van der Waals surface area (Å²) in [5.74, 6) is -0.734. The van der Waals surface area contributed by atoms with Crippen LogP contribution in [0.3, 0.4) is 0 Å². The van der Waals surface area contributed by atoms with Gasteiger partial charge in [-0.2, -0.15) is 0 Å². The number of ether oxygens (including phenoxy) is 1. The van der Waals surface area contributed by atoms with Crippen molar-refractivity contribution in [3.05, 3.63) is 23.8 Å². The standard InChI is InChI=1S/C17H23NO5/c1-10-4-3-5-14(11(10)2)18-16(21)9-23-17(22)13-7-6-12(19)8-15(13)20/h6-8,10-11,14,19-20H,3-5,9H2,1-2H3,(H,18,21)/t10-,11+,14-/m0/s1. The maximum atomic E-state index is 11.9. The molecule has 1 saturated carbocycles. The predicted octanol–water partition coefficient (Wildman–Crippen LogP) is 2.20. The summed E-state index contributed by atoms with van der Waals surface area (Å²) in [7, 11) is 0. The minimum absolute atomic E-state index is 0.0877. The Morgan fingerprint density at radius 2 is 2.00 bits per heavy atom. The van der Waals surface area contributed by atoms with Crippen molar-refractivity contribution in [1.29, 1.82) is 0 Å². The fourth-order valence-corrected chi connectivity index (χ4v) is 2.94. The number of phenols is 2. The van der Waals surface area contributed by atoms with Crippen molar-refractivity contribution in [2.45, 2.75) is 39.2 Å². The van der Waals surface area contributed by atoms with Gasteiger partial charge in [0.1, 0.15) is 17.1 Å². The molecule has 2 rings (SSSR count). The average molecular weight is 321 g/mol. The lowest BCUT2D eigenvalue weighted by Crippen LogP contribution is -2.45. The third kappa shape index (κ3) is 4.37. The topological polar surface area (TPSA) is 95.9 Å². The molecule has 126 valence electrons. The van der Waals surface area contributed by atoms with E-state index in [1.54, 1.807) is 0 Å². The van der Waals surface area contributed by atoms with Crippen LogP contribution in [0.1, 0.15) is 43.5 Å². The van der Waals surface area contributed by atoms with Crippen molar-refractivity contribution in [1.82, 2.24) is 5.32 Å². The van der Waals surface area contributed by atoms with Gasteiger partial charge in [0.05, 0.1) is 0 Å². The maximum Gasteiger partial charge on any atom is 0.342 e. The fourth-order valence-electron chi connectivity index (χ4n) is 2.94. The number of aromatic hydroxyl groups is 2. The van der Waals surface area contributed by atoms with E-state index in [1.807, 2.05) is 0 Å². The van der Waals surface area contributed by atoms with E-state index in [0.29, 0.717) is 11.8 Å². The number of nitrogens with one attached hydrogen (secondary N) is 1. The second kappa shape index (κ2) is 7.35. The number of hydrogen-bond acceptors (Lipinski definition) is 5. The Hall–Kier alpha value is -2.24. The highest BCUT2D eigenvalue weighted by Crippen LogP contribution is 2.29. The first-order valence-electron chi connectivity index (χ1n) is 7.87. The third-order valence-corrected chi connectivity index (χ3v) is 4.59. The van der Waals surface area contributed by atoms with Gasteiger partial charge in [0.2, 0.25) is 0 Å². The number of carbonyl (C=O) groups is 2. The molecular weight excluding hydrogens is 298 g/mol. The molecule has 1 aliphatic rings. The van der Waals surface area contributed by atoms with Gasteiger partial charge in [-0.3, -0.25) is 4.79 Å². The molecule has 1 amide bonds. The Balaban J connectivity index is 1.85. The molecule has 6 nitrogen and oxygen atoms in total. The smallest absolute Gasteiger partial charge is 0.342 e. The highest BCUT2D eigenvalue weighted by molar-refractivity contribution is 5.94. The van der Waals surface area contributed by atoms with Crippen molar-refractivity contribution in [3.63, 3.8) is 0 Å². The summed E-state index contributed by atoms with van der Waals surface area (Å²) >= 11 is 0. The van der Waals surface area contributed by atoms with E-state index in [9.17, 15) is 19.8 Å². The van der Waals surface area contributed by atoms with Gasteiger partial charge in [0.25, 0.3) is 5.91 Å². The van der Waals surface area contributed by atoms with Crippen LogP contribution in [0.2, 0.25) is 0 Å². The fraction of sp³-hybridized carbons (Fsp3) is 0.529. The van der Waals surface area contributed by atoms with Crippen molar-refractivity contribution < 1.29 is 24.5 Å². The minimum atomic E-state index is -0.803. The van der Waals surface area contributed by atoms with Crippen LogP contribution in [0, 0.1) is 11.8 Å². The zero-order chi connectivity index (χ0) is 17.0. The summed E-state index contributed by atoms with van der Waals surface area (Å²) in [6.45, 7) is 3.91. The van der Waals surface area contributed by atoms with Crippen LogP contribution in [0.25, 0.3) is 0 Å². The molecule has 0 radical (unpaired) electrons. The van der Waals surface area contributed by atoms with Crippen LogP contribution >= 0.6 is 0 Å². The molecule has 0 heterocycles. The first kappa shape index (κ1) is 17.1. The molecule has 0 aliphatic heterocycles. The van der Waals surface area contributed by atoms with Crippen molar-refractivity contribution >= 4 is 11.9 Å². The Morgan fingerprint density at radius 3 is 2.70 bits per heavy atom. The van der Waals surface area contributed by atoms with Gasteiger partial charge in [0, 0.05) is 12.1 Å². The molecule has 1 fully saturated rings. The van der Waals surface area contributed by atoms with Crippen molar-refractivity contribution in [3.8, 4) is 11.5 Å². The summed E-state index contributed by atoms with van der Waals surface area (Å²) in [5, 5.41) is 21.7. The Bertz CT molecular complexity index is 586. The Labute approximate surface area is 135 Å². The normalized spacial score (nSPS) is 24.0. The molecule has 0 spiro atoms. The summed E-state index contributed by atoms with van der Waals surface area (Å²) in [4.78, 5) is 23.8. The zero-order valence-electron chi connectivity index (χ0n) is 13.4. The van der Waals surface area contributed by atoms with Crippen LogP contribution in [0.15, 0.2) is 18.2 Å². The van der Waals surface area contributed by atoms with E-state index in [-0.39, 0.29) is 29.0 Å². The minimum Gasteiger partial charge on any atom is -0.508 e. The van der Waals surface area contributed by atoms with E-state index in [4.69, 9.17) is 4.74 Å². The lowest BCUT2D eigenvalue weighted by Gasteiger charge is -2.34. The van der Waals surface area contributed by atoms with Gasteiger partial charge < -0.3 is 20.3 Å². The highest BCUT2D eigenvalue weighted by Gasteiger charge is 2.28. The summed E-state index contributed by atoms with van der Waals surface area (Å²) in [6.07, 6.45) is 3.18. The second-order valence-corrected chi connectivity index (χ2v) is 6.22. The van der Waals surface area contributed by atoms with Crippen molar-refractivity contribution in [2.75, 3.05) is 6.61 Å². The predicted molar refractivity (Wildman–Crippen MR) is 84.2 cm³/mol. The number of benzene rings is 1. The number of hydrogen-bond donors (Lipinski definition) is 3. The number of esters is 1. The molecule has 3 atom stereocenters. The van der Waals surface area contributed by atoms with Gasteiger partial charge in [-0.25, -0.2) is 4.79 Å². The number of phenolic OH excluding ortho intramolecular Hbond substituents is 2. The lowest BCUT2D eigenvalue weighted by molar-refractivity contribution is -0.125. The molecule has 23 heavy (non-hydrogen) atoms. The van der Waals surface area contributed by atoms with Crippen LogP contribution in [0.4, 0.5) is 0 Å². The van der Waals surface area contributed by atoms with Gasteiger partial charge in [-0.05, 0) is 30.4 Å². The average Bonchev–Trinajstić information content (AvgIpc) is 2.49. The molecule has 0 saturated heterocycles. The summed E-state index contributed by atoms with van der Waals surface area (Å²) in [6, 6.07) is 3.66. The molecular formula is C17H23NO5. The highest BCUT2D eigenvalue weighted by atomic mass is 16.5. The van der Waals surface area contributed by atoms with Crippen molar-refractivity contribution in [2.24, 2.45) is 11.8 Å². The summed E-state index contributed by atoms with van der Waals surface area (Å²) < 4.78 is 4.92. The van der Waals surface area contributed by atoms with E-state index < -0.39 is 12.6 Å². The largest absolute Gasteiger partial charge is 0.508 e. The molecule has 0 aromatic heterocycles. The quantitative estimate of drug-likeness (QED) is 0.739. The first-order valence-corrected chi connectivity index (χ1v) is 7.87. The van der Waals surface area contributed by atoms with Gasteiger partial charge in [-0.15, -0.1) is 0 Å². The molecule has 1 aromatic rings. The van der Waals surface area contributed by atoms with E-state index in [2.05, 4.69) is 19.2 Å². The Morgan fingerprint density at radius 1 is 1.26 bits per heavy atom. The van der Waals surface area contributed by atoms with Crippen LogP contribution < -0.4 is 5.32 Å². The van der Waals surface area contributed by atoms with Crippen LogP contribution in [-0.2, 0) is 9.53 Å². The first-order chi connectivity index (χ1) is 10.9. The SMILES string of the molecule is C[C@H]1[C@@H](NC(=O)COC(=O)c2ccc(O)cc2O)CCC[C@@H]1C. The van der Waals surface area contributed by atoms with E-state index in [1.165, 1.54) is 18.6 Å². The van der Waals surface area contributed by atoms with Gasteiger partial charge in [-0.1, -0.05) is 26.7 Å². The molecule has 3 N–H and O–H groups in total. The van der Waals surface area contributed by atoms with Gasteiger partial charge in [0.15, 0.2) is 6.61 Å².